The molecule has 0 aliphatic heterocycles. The summed E-state index contributed by atoms with van der Waals surface area (Å²) in [4.78, 5) is 58.4. The zero-order valence-electron chi connectivity index (χ0n) is 57.6. The van der Waals surface area contributed by atoms with Gasteiger partial charge in [-0.3, -0.25) is 32.5 Å². The fraction of sp³-hybridized carbons (Fsp3) is 0.667. The monoisotopic (exact) mass is 1340 g/mol. The Morgan fingerprint density at radius 3 is 0.914 bits per heavy atom. The number of rotatable bonds is 66. The van der Waals surface area contributed by atoms with Gasteiger partial charge in [-0.05, 0) is 116 Å². The third kappa shape index (κ3) is 68.9. The average Bonchev–Trinajstić information content (AvgIpc) is 3.74. The molecule has 93 heavy (non-hydrogen) atoms. The highest BCUT2D eigenvalue weighted by atomic mass is 31.2. The van der Waals surface area contributed by atoms with E-state index in [1.807, 2.05) is 0 Å². The molecule has 0 amide bonds. The van der Waals surface area contributed by atoms with Gasteiger partial charge >= 0.3 is 33.6 Å². The first kappa shape index (κ1) is 88.7. The topological polar surface area (TPSA) is 231 Å². The Balaban J connectivity index is 4.62. The fourth-order valence-corrected chi connectivity index (χ4v) is 10.6. The Labute approximate surface area is 563 Å². The Kier molecular flexibility index (Phi) is 64.5. The van der Waals surface area contributed by atoms with E-state index in [4.69, 9.17) is 32.3 Å². The molecule has 5 unspecified atom stereocenters. The molecule has 0 rings (SSSR count). The molecule has 0 heterocycles. The van der Waals surface area contributed by atoms with Crippen molar-refractivity contribution in [3.63, 3.8) is 0 Å². The summed E-state index contributed by atoms with van der Waals surface area (Å²) in [6.45, 7) is 2.38. The second kappa shape index (κ2) is 67.7. The minimum atomic E-state index is -4.93. The first-order valence-electron chi connectivity index (χ1n) is 35.5. The summed E-state index contributed by atoms with van der Waals surface area (Å²) >= 11 is 0. The predicted octanol–water partition coefficient (Wildman–Crippen LogP) is 20.0. The van der Waals surface area contributed by atoms with Crippen molar-refractivity contribution in [2.45, 2.75) is 283 Å². The molecular formula is C75H126O16P2. The molecule has 0 bridgehead atoms. The molecule has 4 N–H and O–H groups in total. The van der Waals surface area contributed by atoms with Crippen molar-refractivity contribution in [1.29, 1.82) is 0 Å². The van der Waals surface area contributed by atoms with Gasteiger partial charge in [-0.15, -0.1) is 0 Å². The number of carbonyl (C=O) groups is 3. The van der Waals surface area contributed by atoms with Crippen LogP contribution in [-0.2, 0) is 55.8 Å². The Morgan fingerprint density at radius 1 is 0.312 bits per heavy atom. The highest BCUT2D eigenvalue weighted by Gasteiger charge is 2.29. The Hall–Kier alpha value is -4.31. The van der Waals surface area contributed by atoms with E-state index >= 15 is 0 Å². The maximum Gasteiger partial charge on any atom is 0.472 e. The number of hydrogen-bond acceptors (Lipinski definition) is 14. The quantitative estimate of drug-likeness (QED) is 0.0146. The van der Waals surface area contributed by atoms with Gasteiger partial charge in [-0.25, -0.2) is 9.13 Å². The van der Waals surface area contributed by atoms with E-state index < -0.39 is 91.5 Å². The number of aliphatic hydroxyl groups is 2. The molecule has 0 saturated carbocycles. The van der Waals surface area contributed by atoms with Crippen molar-refractivity contribution in [1.82, 2.24) is 0 Å². The van der Waals surface area contributed by atoms with Gasteiger partial charge in [0.05, 0.1) is 26.4 Å². The van der Waals surface area contributed by atoms with Crippen LogP contribution in [0.4, 0.5) is 0 Å². The van der Waals surface area contributed by atoms with E-state index in [9.17, 15) is 43.5 Å². The normalized spacial score (nSPS) is 15.0. The number of carbonyl (C=O) groups excluding carboxylic acids is 3. The van der Waals surface area contributed by atoms with Crippen LogP contribution in [0.3, 0.4) is 0 Å². The van der Waals surface area contributed by atoms with Crippen LogP contribution in [0.2, 0.25) is 0 Å². The molecule has 0 aromatic heterocycles. The van der Waals surface area contributed by atoms with E-state index in [-0.39, 0.29) is 19.3 Å². The van der Waals surface area contributed by atoms with Crippen LogP contribution >= 0.6 is 15.6 Å². The largest absolute Gasteiger partial charge is 0.472 e. The molecule has 0 radical (unpaired) electrons. The summed E-state index contributed by atoms with van der Waals surface area (Å²) in [7, 11) is -9.79. The van der Waals surface area contributed by atoms with Gasteiger partial charge in [0.1, 0.15) is 25.4 Å². The summed E-state index contributed by atoms with van der Waals surface area (Å²) < 4.78 is 60.9. The Morgan fingerprint density at radius 2 is 0.570 bits per heavy atom. The van der Waals surface area contributed by atoms with E-state index in [0.29, 0.717) is 19.3 Å². The summed E-state index contributed by atoms with van der Waals surface area (Å²) in [5.74, 6) is -1.63. The smallest absolute Gasteiger partial charge is 0.463 e. The highest BCUT2D eigenvalue weighted by molar-refractivity contribution is 7.47. The van der Waals surface area contributed by atoms with E-state index in [2.05, 4.69) is 154 Å². The lowest BCUT2D eigenvalue weighted by Crippen LogP contribution is -2.30. The third-order valence-corrected chi connectivity index (χ3v) is 16.3. The number of allylic oxidation sites excluding steroid dienone is 22. The molecule has 0 aliphatic carbocycles. The summed E-state index contributed by atoms with van der Waals surface area (Å²) in [5.41, 5.74) is 0. The van der Waals surface area contributed by atoms with Crippen molar-refractivity contribution < 1.29 is 75.8 Å². The predicted molar refractivity (Wildman–Crippen MR) is 380 cm³/mol. The van der Waals surface area contributed by atoms with Crippen LogP contribution in [0, 0.1) is 0 Å². The number of hydrogen-bond donors (Lipinski definition) is 4. The van der Waals surface area contributed by atoms with Crippen LogP contribution in [0.1, 0.15) is 265 Å². The van der Waals surface area contributed by atoms with Crippen molar-refractivity contribution >= 4 is 33.6 Å². The molecule has 0 fully saturated rings. The molecule has 0 spiro atoms. The minimum Gasteiger partial charge on any atom is -0.463 e. The van der Waals surface area contributed by atoms with Crippen LogP contribution in [-0.4, -0.2) is 95.9 Å². The summed E-state index contributed by atoms with van der Waals surface area (Å²) in [5, 5.41) is 20.6. The molecular weight excluding hydrogens is 1220 g/mol. The second-order valence-corrected chi connectivity index (χ2v) is 26.2. The van der Waals surface area contributed by atoms with Crippen LogP contribution in [0.25, 0.3) is 0 Å². The molecule has 16 nitrogen and oxygen atoms in total. The Bertz CT molecular complexity index is 2230. The van der Waals surface area contributed by atoms with E-state index in [0.717, 1.165) is 154 Å². The first-order valence-corrected chi connectivity index (χ1v) is 38.5. The minimum absolute atomic E-state index is 0.0964. The van der Waals surface area contributed by atoms with Gasteiger partial charge in [0.2, 0.25) is 0 Å². The average molecular weight is 1350 g/mol. The molecule has 0 saturated heterocycles. The van der Waals surface area contributed by atoms with Crippen molar-refractivity contribution in [3.05, 3.63) is 134 Å². The lowest BCUT2D eigenvalue weighted by Gasteiger charge is -2.21. The van der Waals surface area contributed by atoms with E-state index in [1.54, 1.807) is 0 Å². The van der Waals surface area contributed by atoms with Gasteiger partial charge in [-0.2, -0.15) is 0 Å². The zero-order valence-corrected chi connectivity index (χ0v) is 59.4. The third-order valence-electron chi connectivity index (χ3n) is 14.4. The van der Waals surface area contributed by atoms with Gasteiger partial charge < -0.3 is 34.2 Å². The number of phosphoric ester groups is 2. The first-order chi connectivity index (χ1) is 45.2. The molecule has 18 heteroatoms. The highest BCUT2D eigenvalue weighted by Crippen LogP contribution is 2.45. The standard InChI is InChI=1S/C75H126O16P2/c1-4-7-10-13-16-19-22-25-27-29-31-32-33-34-35-36-38-40-41-44-46-49-52-55-58-61-73(78)85-64-70(76)65-87-92(81,82)88-66-71(77)67-89-93(83,84)90-69-72(91-75(80)63-60-57-54-51-48-43-24-21-18-15-12-9-6-3)68-86-74(79)62-59-56-53-50-47-45-42-39-37-30-28-26-23-20-17-14-11-8-5-2/h7-8,10-11,16-17,19-20,25-28,31-32,34-35,37-40,45,47,70-72,76-77H,4-6,9,12-15,18,21-24,29-30,33,36,41-44,46,48-69H2,1-3H3,(H,81,82)(H,83,84)/b10-7-,11-8-,19-16-,20-17-,27-25-,28-26-,32-31-,35-34-,39-37-,40-38-,47-45-. The van der Waals surface area contributed by atoms with Crippen molar-refractivity contribution in [2.75, 3.05) is 39.6 Å². The van der Waals surface area contributed by atoms with Gasteiger partial charge in [0.15, 0.2) is 6.10 Å². The maximum absolute atomic E-state index is 12.9. The van der Waals surface area contributed by atoms with Crippen LogP contribution in [0.15, 0.2) is 134 Å². The number of unbranched alkanes of at least 4 members (excludes halogenated alkanes) is 21. The molecule has 0 aromatic rings. The second-order valence-electron chi connectivity index (χ2n) is 23.3. The van der Waals surface area contributed by atoms with E-state index in [1.165, 1.54) is 51.4 Å². The number of phosphoric acid groups is 2. The van der Waals surface area contributed by atoms with Crippen LogP contribution in [0.5, 0.6) is 0 Å². The van der Waals surface area contributed by atoms with Crippen molar-refractivity contribution in [2.24, 2.45) is 0 Å². The molecule has 0 aromatic carbocycles. The van der Waals surface area contributed by atoms with Gasteiger partial charge in [0.25, 0.3) is 0 Å². The maximum atomic E-state index is 12.9. The molecule has 5 atom stereocenters. The van der Waals surface area contributed by atoms with Crippen molar-refractivity contribution in [3.8, 4) is 0 Å². The summed E-state index contributed by atoms with van der Waals surface area (Å²) in [6, 6.07) is 0. The molecule has 532 valence electrons. The lowest BCUT2D eigenvalue weighted by molar-refractivity contribution is -0.161. The molecule has 0 aliphatic rings. The van der Waals surface area contributed by atoms with Gasteiger partial charge in [-0.1, -0.05) is 264 Å². The summed E-state index contributed by atoms with van der Waals surface area (Å²) in [6.07, 6.45) is 79.3. The SMILES string of the molecule is CC/C=C\C/C=C\C/C=C\C/C=C\C/C=C\C/C=C\CCCCCCCCC(=O)OCC(O)COP(=O)(O)OCC(O)COP(=O)(O)OCC(COC(=O)CCCCC/C=C\C/C=C\C/C=C\C/C=C\C/C=C\CC)OC(=O)CCCCCCCCCCCCCCC. The number of esters is 3. The van der Waals surface area contributed by atoms with Crippen LogP contribution < -0.4 is 0 Å². The zero-order chi connectivity index (χ0) is 68.1. The lowest BCUT2D eigenvalue weighted by atomic mass is 10.0. The van der Waals surface area contributed by atoms with Gasteiger partial charge in [0, 0.05) is 19.3 Å². The fourth-order valence-electron chi connectivity index (χ4n) is 9.01. The number of aliphatic hydroxyl groups excluding tert-OH is 2. The number of ether oxygens (including phenoxy) is 3.